The molecule has 38 heavy (non-hydrogen) atoms. The third kappa shape index (κ3) is 4.66. The molecule has 0 amide bonds. The molecule has 0 unspecified atom stereocenters. The van der Waals surface area contributed by atoms with Gasteiger partial charge in [-0.3, -0.25) is 4.98 Å². The molecule has 2 aliphatic rings. The highest BCUT2D eigenvalue weighted by Crippen LogP contribution is 2.50. The number of aromatic nitrogens is 3. The molecule has 2 saturated carbocycles. The molecule has 4 aromatic rings. The molecule has 0 saturated heterocycles. The fourth-order valence-corrected chi connectivity index (χ4v) is 5.37. The maximum Gasteiger partial charge on any atom is 0.335 e. The summed E-state index contributed by atoms with van der Waals surface area (Å²) in [6.45, 7) is 2.07. The predicted octanol–water partition coefficient (Wildman–Crippen LogP) is 6.01. The van der Waals surface area contributed by atoms with Crippen molar-refractivity contribution in [2.45, 2.75) is 56.7 Å². The largest absolute Gasteiger partial charge is 0.478 e. The van der Waals surface area contributed by atoms with Gasteiger partial charge in [0.15, 0.2) is 0 Å². The first-order chi connectivity index (χ1) is 18.3. The lowest BCUT2D eigenvalue weighted by atomic mass is 9.66. The van der Waals surface area contributed by atoms with Crippen molar-refractivity contribution >= 4 is 17.6 Å². The Morgan fingerprint density at radius 2 is 1.92 bits per heavy atom. The van der Waals surface area contributed by atoms with Crippen molar-refractivity contribution in [3.05, 3.63) is 93.6 Å². The Morgan fingerprint density at radius 3 is 2.61 bits per heavy atom. The van der Waals surface area contributed by atoms with Gasteiger partial charge in [0.1, 0.15) is 23.7 Å². The van der Waals surface area contributed by atoms with E-state index in [2.05, 4.69) is 15.1 Å². The quantitative estimate of drug-likeness (QED) is 0.283. The van der Waals surface area contributed by atoms with Gasteiger partial charge in [0.25, 0.3) is 0 Å². The van der Waals surface area contributed by atoms with Gasteiger partial charge < -0.3 is 19.5 Å². The van der Waals surface area contributed by atoms with E-state index >= 15 is 0 Å². The summed E-state index contributed by atoms with van der Waals surface area (Å²) >= 11 is 6.42. The van der Waals surface area contributed by atoms with Gasteiger partial charge in [-0.25, -0.2) is 9.78 Å². The Bertz CT molecular complexity index is 1510. The molecule has 0 aliphatic heterocycles. The van der Waals surface area contributed by atoms with Gasteiger partial charge in [0, 0.05) is 11.5 Å². The Morgan fingerprint density at radius 1 is 1.13 bits per heavy atom. The molecule has 2 aromatic heterocycles. The molecule has 0 bridgehead atoms. The molecule has 0 radical (unpaired) electrons. The van der Waals surface area contributed by atoms with Crippen LogP contribution in [0.15, 0.2) is 59.4 Å². The number of carboxylic acids is 1. The molecule has 2 aliphatic carbocycles. The van der Waals surface area contributed by atoms with E-state index in [1.165, 1.54) is 12.4 Å². The molecule has 6 rings (SSSR count). The van der Waals surface area contributed by atoms with Crippen LogP contribution in [0.2, 0.25) is 5.02 Å². The summed E-state index contributed by atoms with van der Waals surface area (Å²) in [4.78, 5) is 20.2. The summed E-state index contributed by atoms with van der Waals surface area (Å²) in [5, 5.41) is 25.4. The number of hydrogen-bond acceptors (Lipinski definition) is 7. The number of nitrogens with zero attached hydrogens (tertiary/aromatic N) is 3. The zero-order valence-electron chi connectivity index (χ0n) is 20.7. The average molecular weight is 532 g/mol. The van der Waals surface area contributed by atoms with Gasteiger partial charge in [0.2, 0.25) is 5.88 Å². The average Bonchev–Trinajstić information content (AvgIpc) is 3.65. The minimum Gasteiger partial charge on any atom is -0.478 e. The van der Waals surface area contributed by atoms with E-state index < -0.39 is 11.6 Å². The van der Waals surface area contributed by atoms with Crippen LogP contribution in [0.3, 0.4) is 0 Å². The van der Waals surface area contributed by atoms with E-state index in [9.17, 15) is 15.0 Å². The second kappa shape index (κ2) is 9.53. The summed E-state index contributed by atoms with van der Waals surface area (Å²) in [6.07, 6.45) is 6.04. The van der Waals surface area contributed by atoms with Gasteiger partial charge in [0.05, 0.1) is 34.2 Å². The number of aromatic carboxylic acids is 1. The smallest absolute Gasteiger partial charge is 0.335 e. The predicted molar refractivity (Wildman–Crippen MR) is 139 cm³/mol. The Labute approximate surface area is 224 Å². The van der Waals surface area contributed by atoms with E-state index in [1.807, 2.05) is 37.3 Å². The van der Waals surface area contributed by atoms with E-state index in [1.54, 1.807) is 12.1 Å². The molecule has 2 fully saturated rings. The van der Waals surface area contributed by atoms with Crippen molar-refractivity contribution in [3.8, 4) is 17.1 Å². The normalized spacial score (nSPS) is 20.7. The molecule has 8 nitrogen and oxygen atoms in total. The molecule has 0 spiro atoms. The van der Waals surface area contributed by atoms with E-state index in [-0.39, 0.29) is 18.1 Å². The molecule has 2 N–H and O–H groups in total. The minimum atomic E-state index is -1.12. The molecule has 9 heteroatoms. The monoisotopic (exact) mass is 531 g/mol. The number of aliphatic hydroxyl groups is 1. The molecular formula is C29H26ClN3O5. The lowest BCUT2D eigenvalue weighted by molar-refractivity contribution is -0.0590. The third-order valence-electron chi connectivity index (χ3n) is 7.35. The SMILES string of the molecule is Cc1cc(C(=O)O)cc(C2CC(O)(c3cnc(OCc4c(-c5ccccc5Cl)noc4C4CC4)cn3)C2)c1. The van der Waals surface area contributed by atoms with Crippen molar-refractivity contribution in [2.75, 3.05) is 0 Å². The van der Waals surface area contributed by atoms with Crippen molar-refractivity contribution in [1.29, 1.82) is 0 Å². The minimum absolute atomic E-state index is 0.0494. The van der Waals surface area contributed by atoms with E-state index in [4.69, 9.17) is 20.9 Å². The number of halogens is 1. The summed E-state index contributed by atoms with van der Waals surface area (Å²) in [5.74, 6) is 0.577. The first-order valence-electron chi connectivity index (χ1n) is 12.6. The summed E-state index contributed by atoms with van der Waals surface area (Å²) in [6, 6.07) is 12.8. The zero-order chi connectivity index (χ0) is 26.4. The van der Waals surface area contributed by atoms with Crippen LogP contribution in [-0.4, -0.2) is 31.3 Å². The van der Waals surface area contributed by atoms with Crippen LogP contribution in [0.1, 0.15) is 76.0 Å². The number of carboxylic acid groups (broad SMARTS) is 1. The molecule has 2 heterocycles. The summed E-state index contributed by atoms with van der Waals surface area (Å²) in [7, 11) is 0. The number of ether oxygens (including phenoxy) is 1. The Balaban J connectivity index is 1.15. The van der Waals surface area contributed by atoms with Crippen LogP contribution in [0.5, 0.6) is 5.88 Å². The van der Waals surface area contributed by atoms with E-state index in [0.29, 0.717) is 41.1 Å². The van der Waals surface area contributed by atoms with Gasteiger partial charge >= 0.3 is 5.97 Å². The Kier molecular flexibility index (Phi) is 6.16. The number of benzene rings is 2. The van der Waals surface area contributed by atoms with Crippen molar-refractivity contribution < 1.29 is 24.3 Å². The Hall–Kier alpha value is -3.75. The second-order valence-corrected chi connectivity index (χ2v) is 10.6. The maximum absolute atomic E-state index is 11.4. The van der Waals surface area contributed by atoms with Crippen molar-refractivity contribution in [3.63, 3.8) is 0 Å². The maximum atomic E-state index is 11.4. The number of hydrogen-bond donors (Lipinski definition) is 2. The number of rotatable bonds is 8. The first kappa shape index (κ1) is 24.6. The fourth-order valence-electron chi connectivity index (χ4n) is 5.14. The van der Waals surface area contributed by atoms with Gasteiger partial charge in [-0.15, -0.1) is 0 Å². The second-order valence-electron chi connectivity index (χ2n) is 10.2. The van der Waals surface area contributed by atoms with Crippen LogP contribution in [0.4, 0.5) is 0 Å². The lowest BCUT2D eigenvalue weighted by Crippen LogP contribution is -2.40. The van der Waals surface area contributed by atoms with Crippen LogP contribution in [0, 0.1) is 6.92 Å². The molecule has 2 aromatic carbocycles. The number of carbonyl (C=O) groups is 1. The lowest BCUT2D eigenvalue weighted by Gasteiger charge is -2.43. The van der Waals surface area contributed by atoms with Crippen molar-refractivity contribution in [2.24, 2.45) is 0 Å². The highest BCUT2D eigenvalue weighted by Gasteiger charge is 2.46. The fraction of sp³-hybridized carbons (Fsp3) is 0.310. The van der Waals surface area contributed by atoms with Gasteiger partial charge in [-0.2, -0.15) is 0 Å². The standard InChI is InChI=1S/C29H26ClN3O5/c1-16-8-18(10-19(9-16)28(34)35)20-11-29(36,12-20)24-13-32-25(14-31-24)37-15-22-26(21-4-2-3-5-23(21)30)33-38-27(22)17-6-7-17/h2-5,8-10,13-14,17,20,36H,6-7,11-12,15H2,1H3,(H,34,35). The molecular weight excluding hydrogens is 506 g/mol. The molecule has 0 atom stereocenters. The van der Waals surface area contributed by atoms with Gasteiger partial charge in [-0.05, 0) is 67.9 Å². The van der Waals surface area contributed by atoms with E-state index in [0.717, 1.165) is 40.9 Å². The van der Waals surface area contributed by atoms with Crippen LogP contribution in [-0.2, 0) is 12.2 Å². The zero-order valence-corrected chi connectivity index (χ0v) is 21.5. The van der Waals surface area contributed by atoms with Crippen LogP contribution in [0.25, 0.3) is 11.3 Å². The third-order valence-corrected chi connectivity index (χ3v) is 7.68. The van der Waals surface area contributed by atoms with Gasteiger partial charge in [-0.1, -0.05) is 41.0 Å². The molecule has 194 valence electrons. The topological polar surface area (TPSA) is 119 Å². The van der Waals surface area contributed by atoms with Crippen LogP contribution < -0.4 is 4.74 Å². The summed E-state index contributed by atoms with van der Waals surface area (Å²) < 4.78 is 11.7. The van der Waals surface area contributed by atoms with Crippen LogP contribution >= 0.6 is 11.6 Å². The highest BCUT2D eigenvalue weighted by atomic mass is 35.5. The number of aryl methyl sites for hydroxylation is 1. The summed E-state index contributed by atoms with van der Waals surface area (Å²) in [5.41, 5.74) is 3.70. The highest BCUT2D eigenvalue weighted by molar-refractivity contribution is 6.33. The first-order valence-corrected chi connectivity index (χ1v) is 12.9. The van der Waals surface area contributed by atoms with Crippen molar-refractivity contribution in [1.82, 2.24) is 15.1 Å².